The van der Waals surface area contributed by atoms with Crippen molar-refractivity contribution in [3.8, 4) is 0 Å². The van der Waals surface area contributed by atoms with Crippen molar-refractivity contribution in [1.29, 1.82) is 0 Å². The fourth-order valence-electron chi connectivity index (χ4n) is 4.94. The van der Waals surface area contributed by atoms with Gasteiger partial charge in [0, 0.05) is 0 Å². The van der Waals surface area contributed by atoms with Crippen LogP contribution < -0.4 is 0 Å². The third-order valence-corrected chi connectivity index (χ3v) is 7.01. The number of hydrogen-bond acceptors (Lipinski definition) is 1. The molecule has 0 heterocycles. The van der Waals surface area contributed by atoms with Gasteiger partial charge in [-0.25, -0.2) is 0 Å². The number of rotatable bonds is 12. The third-order valence-electron chi connectivity index (χ3n) is 7.01. The van der Waals surface area contributed by atoms with Crippen molar-refractivity contribution in [2.24, 2.45) is 34.5 Å². The van der Waals surface area contributed by atoms with E-state index in [0.29, 0.717) is 22.7 Å². The fraction of sp³-hybridized carbons (Fsp3) is 1.00. The Bertz CT molecular complexity index is 404. The van der Waals surface area contributed by atoms with Gasteiger partial charge in [0.2, 0.25) is 0 Å². The van der Waals surface area contributed by atoms with Gasteiger partial charge in [-0.05, 0) is 87.9 Å². The highest BCUT2D eigenvalue weighted by molar-refractivity contribution is 4.85. The van der Waals surface area contributed by atoms with Crippen molar-refractivity contribution in [3.63, 3.8) is 0 Å². The van der Waals surface area contributed by atoms with Gasteiger partial charge in [-0.3, -0.25) is 0 Å². The Balaban J connectivity index is 4.67. The van der Waals surface area contributed by atoms with Gasteiger partial charge in [-0.15, -0.1) is 0 Å². The standard InChI is InChI=1S/C28H58O/c1-21(19-25(5,6)7)15-17-23(3)27(11,12)29-28(13,14)24(4)18-16-22(2)20-26(8,9)10/h21-24H,15-20H2,1-14H3. The van der Waals surface area contributed by atoms with Gasteiger partial charge in [0.05, 0.1) is 11.2 Å². The molecule has 0 saturated heterocycles. The number of ether oxygens (including phenoxy) is 1. The van der Waals surface area contributed by atoms with E-state index in [2.05, 4.69) is 96.9 Å². The first-order valence-corrected chi connectivity index (χ1v) is 12.5. The van der Waals surface area contributed by atoms with Gasteiger partial charge < -0.3 is 4.74 Å². The first-order valence-electron chi connectivity index (χ1n) is 12.5. The Morgan fingerprint density at radius 1 is 0.483 bits per heavy atom. The number of hydrogen-bond donors (Lipinski definition) is 0. The molecule has 0 aromatic rings. The second-order valence-corrected chi connectivity index (χ2v) is 14.0. The molecular formula is C28H58O. The lowest BCUT2D eigenvalue weighted by atomic mass is 9.79. The van der Waals surface area contributed by atoms with Crippen LogP contribution in [0.25, 0.3) is 0 Å². The van der Waals surface area contributed by atoms with Gasteiger partial charge >= 0.3 is 0 Å². The van der Waals surface area contributed by atoms with Crippen molar-refractivity contribution in [2.45, 2.75) is 147 Å². The molecule has 29 heavy (non-hydrogen) atoms. The van der Waals surface area contributed by atoms with Crippen LogP contribution in [-0.2, 0) is 4.74 Å². The summed E-state index contributed by atoms with van der Waals surface area (Å²) < 4.78 is 6.82. The fourth-order valence-corrected chi connectivity index (χ4v) is 4.94. The SMILES string of the molecule is CC(CCC(C)C(C)(C)OC(C)(C)C(C)CCC(C)CC(C)(C)C)CC(C)(C)C. The first-order chi connectivity index (χ1) is 12.8. The Morgan fingerprint density at radius 3 is 1.00 bits per heavy atom. The van der Waals surface area contributed by atoms with Crippen molar-refractivity contribution >= 4 is 0 Å². The molecule has 0 bridgehead atoms. The van der Waals surface area contributed by atoms with E-state index in [1.54, 1.807) is 0 Å². The molecule has 0 aliphatic heterocycles. The van der Waals surface area contributed by atoms with E-state index in [-0.39, 0.29) is 11.2 Å². The summed E-state index contributed by atoms with van der Waals surface area (Å²) in [6.07, 6.45) is 7.69. The maximum absolute atomic E-state index is 6.82. The van der Waals surface area contributed by atoms with Crippen LogP contribution in [-0.4, -0.2) is 11.2 Å². The molecule has 0 amide bonds. The maximum atomic E-state index is 6.82. The summed E-state index contributed by atoms with van der Waals surface area (Å²) in [7, 11) is 0. The van der Waals surface area contributed by atoms with Crippen LogP contribution in [0.3, 0.4) is 0 Å². The van der Waals surface area contributed by atoms with Crippen LogP contribution in [0.5, 0.6) is 0 Å². The Hall–Kier alpha value is -0.0400. The van der Waals surface area contributed by atoms with Crippen molar-refractivity contribution in [1.82, 2.24) is 0 Å². The lowest BCUT2D eigenvalue weighted by Gasteiger charge is -2.43. The lowest BCUT2D eigenvalue weighted by Crippen LogP contribution is -2.45. The van der Waals surface area contributed by atoms with Crippen LogP contribution >= 0.6 is 0 Å². The van der Waals surface area contributed by atoms with E-state index in [0.717, 1.165) is 11.8 Å². The molecule has 4 atom stereocenters. The van der Waals surface area contributed by atoms with Crippen LogP contribution in [0.2, 0.25) is 0 Å². The van der Waals surface area contributed by atoms with E-state index in [1.165, 1.54) is 38.5 Å². The molecule has 0 fully saturated rings. The summed E-state index contributed by atoms with van der Waals surface area (Å²) >= 11 is 0. The molecule has 0 N–H and O–H groups in total. The minimum atomic E-state index is -0.0871. The highest BCUT2D eigenvalue weighted by atomic mass is 16.5. The molecule has 1 nitrogen and oxygen atoms in total. The molecule has 1 heteroatoms. The van der Waals surface area contributed by atoms with E-state index in [1.807, 2.05) is 0 Å². The van der Waals surface area contributed by atoms with Gasteiger partial charge in [0.1, 0.15) is 0 Å². The second kappa shape index (κ2) is 11.0. The quantitative estimate of drug-likeness (QED) is 0.311. The zero-order valence-corrected chi connectivity index (χ0v) is 23.0. The topological polar surface area (TPSA) is 9.23 Å². The molecular weight excluding hydrogens is 352 g/mol. The van der Waals surface area contributed by atoms with Gasteiger partial charge in [-0.2, -0.15) is 0 Å². The molecule has 0 saturated carbocycles. The van der Waals surface area contributed by atoms with E-state index in [4.69, 9.17) is 4.74 Å². The minimum Gasteiger partial charge on any atom is -0.369 e. The summed E-state index contributed by atoms with van der Waals surface area (Å²) in [5.41, 5.74) is 0.679. The van der Waals surface area contributed by atoms with Crippen LogP contribution in [0.1, 0.15) is 135 Å². The van der Waals surface area contributed by atoms with Crippen LogP contribution in [0.15, 0.2) is 0 Å². The summed E-state index contributed by atoms with van der Waals surface area (Å²) in [5.74, 6) is 2.70. The average molecular weight is 411 g/mol. The van der Waals surface area contributed by atoms with Crippen molar-refractivity contribution < 1.29 is 4.74 Å². The molecule has 0 radical (unpaired) electrons. The summed E-state index contributed by atoms with van der Waals surface area (Å²) in [5, 5.41) is 0. The molecule has 0 rings (SSSR count). The summed E-state index contributed by atoms with van der Waals surface area (Å²) in [4.78, 5) is 0. The zero-order chi connectivity index (χ0) is 23.3. The summed E-state index contributed by atoms with van der Waals surface area (Å²) in [6.45, 7) is 33.0. The molecule has 0 aliphatic rings. The highest BCUT2D eigenvalue weighted by Crippen LogP contribution is 2.37. The van der Waals surface area contributed by atoms with E-state index < -0.39 is 0 Å². The Kier molecular flexibility index (Phi) is 11.0. The van der Waals surface area contributed by atoms with Gasteiger partial charge in [-0.1, -0.05) is 82.1 Å². The van der Waals surface area contributed by atoms with Crippen molar-refractivity contribution in [3.05, 3.63) is 0 Å². The van der Waals surface area contributed by atoms with Gasteiger partial charge in [0.25, 0.3) is 0 Å². The first kappa shape index (κ1) is 29.0. The average Bonchev–Trinajstić information content (AvgIpc) is 2.45. The second-order valence-electron chi connectivity index (χ2n) is 14.0. The Morgan fingerprint density at radius 2 is 0.759 bits per heavy atom. The largest absolute Gasteiger partial charge is 0.369 e. The van der Waals surface area contributed by atoms with Crippen molar-refractivity contribution in [2.75, 3.05) is 0 Å². The van der Waals surface area contributed by atoms with Gasteiger partial charge in [0.15, 0.2) is 0 Å². The predicted octanol–water partition coefficient (Wildman–Crippen LogP) is 9.54. The molecule has 0 aromatic carbocycles. The maximum Gasteiger partial charge on any atom is 0.0659 e. The van der Waals surface area contributed by atoms with E-state index in [9.17, 15) is 0 Å². The molecule has 0 aromatic heterocycles. The van der Waals surface area contributed by atoms with Crippen LogP contribution in [0, 0.1) is 34.5 Å². The molecule has 176 valence electrons. The monoisotopic (exact) mass is 410 g/mol. The normalized spacial score (nSPS) is 18.4. The minimum absolute atomic E-state index is 0.0871. The molecule has 4 unspecified atom stereocenters. The third kappa shape index (κ3) is 13.1. The summed E-state index contributed by atoms with van der Waals surface area (Å²) in [6, 6.07) is 0. The molecule has 0 spiro atoms. The predicted molar refractivity (Wildman–Crippen MR) is 133 cm³/mol. The smallest absolute Gasteiger partial charge is 0.0659 e. The Labute approximate surface area is 186 Å². The zero-order valence-electron chi connectivity index (χ0n) is 23.0. The lowest BCUT2D eigenvalue weighted by molar-refractivity contribution is -0.170. The van der Waals surface area contributed by atoms with E-state index >= 15 is 0 Å². The molecule has 0 aliphatic carbocycles. The highest BCUT2D eigenvalue weighted by Gasteiger charge is 2.37. The van der Waals surface area contributed by atoms with Crippen LogP contribution in [0.4, 0.5) is 0 Å².